The molecule has 3 aromatic carbocycles. The Bertz CT molecular complexity index is 1100. The molecule has 37 heavy (non-hydrogen) atoms. The Morgan fingerprint density at radius 3 is 1.78 bits per heavy atom. The van der Waals surface area contributed by atoms with Gasteiger partial charge in [-0.05, 0) is 40.5 Å². The normalized spacial score (nSPS) is 14.9. The van der Waals surface area contributed by atoms with E-state index < -0.39 is 0 Å². The Morgan fingerprint density at radius 2 is 1.30 bits per heavy atom. The van der Waals surface area contributed by atoms with Crippen molar-refractivity contribution in [3.8, 4) is 0 Å². The van der Waals surface area contributed by atoms with Gasteiger partial charge in [0, 0.05) is 0 Å². The van der Waals surface area contributed by atoms with Crippen LogP contribution < -0.4 is 9.80 Å². The predicted octanol–water partition coefficient (Wildman–Crippen LogP) is 8.59. The Morgan fingerprint density at radius 1 is 0.784 bits per heavy atom. The standard InChI is InChI=1S/C16H19.2C9H12N.Sc/c1-2-7-12-13-8-3-5-10-15(13)16-11-6-4-9-14(12)16;2*1-8-6-4-5-7-9(8)10(2)3;/h3,5,8-10,12H,2,4,6-7,11H2,1H3;2*4-7H,1H2,2-3H3;/q3*-1;+3. The number of rotatable bonds is 4. The number of nitrogens with zero attached hydrogens (tertiary/aromatic N) is 2. The minimum Gasteiger partial charge on any atom is -0.428 e. The third-order valence-corrected chi connectivity index (χ3v) is 6.90. The van der Waals surface area contributed by atoms with Crippen LogP contribution in [0.5, 0.6) is 0 Å². The van der Waals surface area contributed by atoms with Crippen LogP contribution in [0.4, 0.5) is 11.4 Å². The summed E-state index contributed by atoms with van der Waals surface area (Å²) in [4.78, 5) is 4.12. The largest absolute Gasteiger partial charge is 3.00 e. The summed E-state index contributed by atoms with van der Waals surface area (Å²) in [6, 6.07) is 25.2. The van der Waals surface area contributed by atoms with Gasteiger partial charge in [-0.15, -0.1) is 18.6 Å². The molecule has 192 valence electrons. The van der Waals surface area contributed by atoms with Crippen LogP contribution in [-0.4, -0.2) is 28.2 Å². The van der Waals surface area contributed by atoms with E-state index in [4.69, 9.17) is 0 Å². The van der Waals surface area contributed by atoms with Crippen LogP contribution >= 0.6 is 0 Å². The summed E-state index contributed by atoms with van der Waals surface area (Å²) in [7, 11) is 8.07. The Kier molecular flexibility index (Phi) is 12.5. The maximum Gasteiger partial charge on any atom is 3.00 e. The first-order valence-corrected chi connectivity index (χ1v) is 13.2. The van der Waals surface area contributed by atoms with Gasteiger partial charge in [0.05, 0.1) is 0 Å². The van der Waals surface area contributed by atoms with Gasteiger partial charge >= 0.3 is 25.8 Å². The Balaban J connectivity index is 0.000000202. The molecule has 3 aromatic rings. The fraction of sp³-hybridized carbons (Fsp3) is 0.324. The molecule has 0 aromatic heterocycles. The fourth-order valence-electron chi connectivity index (χ4n) is 5.18. The second-order valence-electron chi connectivity index (χ2n) is 10.0. The second-order valence-corrected chi connectivity index (χ2v) is 10.0. The molecule has 2 nitrogen and oxygen atoms in total. The molecule has 0 amide bonds. The molecular weight excluding hydrogens is 481 g/mol. The first-order chi connectivity index (χ1) is 17.3. The van der Waals surface area contributed by atoms with E-state index in [-0.39, 0.29) is 25.8 Å². The third kappa shape index (κ3) is 7.98. The van der Waals surface area contributed by atoms with Crippen LogP contribution in [-0.2, 0) is 25.8 Å². The van der Waals surface area contributed by atoms with Crippen LogP contribution in [0.15, 0.2) is 78.4 Å². The van der Waals surface area contributed by atoms with Crippen molar-refractivity contribution in [1.82, 2.24) is 0 Å². The molecule has 5 rings (SSSR count). The van der Waals surface area contributed by atoms with Gasteiger partial charge in [-0.25, -0.2) is 12.0 Å². The molecule has 0 saturated carbocycles. The molecule has 0 saturated heterocycles. The maximum atomic E-state index is 3.90. The monoisotopic (exact) mass is 524 g/mol. The van der Waals surface area contributed by atoms with E-state index in [1.165, 1.54) is 43.5 Å². The zero-order valence-electron chi connectivity index (χ0n) is 23.5. The van der Waals surface area contributed by atoms with Gasteiger partial charge in [-0.1, -0.05) is 97.2 Å². The van der Waals surface area contributed by atoms with Crippen molar-refractivity contribution >= 4 is 16.9 Å². The molecule has 0 radical (unpaired) electrons. The molecule has 0 bridgehead atoms. The number of allylic oxidation sites excluding steroid dienone is 2. The van der Waals surface area contributed by atoms with Crippen LogP contribution in [0.1, 0.15) is 67.2 Å². The summed E-state index contributed by atoms with van der Waals surface area (Å²) in [5.41, 5.74) is 11.0. The molecule has 0 aliphatic heterocycles. The number of hydrogen-bond donors (Lipinski definition) is 0. The minimum absolute atomic E-state index is 0. The second kappa shape index (κ2) is 15.0. The van der Waals surface area contributed by atoms with E-state index in [2.05, 4.69) is 73.4 Å². The summed E-state index contributed by atoms with van der Waals surface area (Å²) >= 11 is 0. The van der Waals surface area contributed by atoms with Gasteiger partial charge in [0.25, 0.3) is 0 Å². The van der Waals surface area contributed by atoms with Crippen molar-refractivity contribution in [3.05, 3.63) is 121 Å². The van der Waals surface area contributed by atoms with Gasteiger partial charge in [0.15, 0.2) is 0 Å². The van der Waals surface area contributed by atoms with Crippen molar-refractivity contribution in [1.29, 1.82) is 0 Å². The molecule has 0 spiro atoms. The maximum absolute atomic E-state index is 3.90. The summed E-state index contributed by atoms with van der Waals surface area (Å²) in [5.74, 6) is 0.705. The molecule has 0 heterocycles. The van der Waals surface area contributed by atoms with Gasteiger partial charge in [0.2, 0.25) is 0 Å². The first kappa shape index (κ1) is 30.7. The van der Waals surface area contributed by atoms with Crippen molar-refractivity contribution < 1.29 is 25.8 Å². The van der Waals surface area contributed by atoms with Gasteiger partial charge in [0.1, 0.15) is 0 Å². The van der Waals surface area contributed by atoms with Crippen molar-refractivity contribution in [2.75, 3.05) is 38.0 Å². The molecule has 1 unspecified atom stereocenters. The number of anilines is 2. The van der Waals surface area contributed by atoms with E-state index in [0.717, 1.165) is 11.1 Å². The number of benzene rings is 3. The van der Waals surface area contributed by atoms with Crippen molar-refractivity contribution in [2.45, 2.75) is 44.9 Å². The zero-order valence-corrected chi connectivity index (χ0v) is 25.3. The van der Waals surface area contributed by atoms with Crippen LogP contribution in [0.2, 0.25) is 0 Å². The van der Waals surface area contributed by atoms with Gasteiger partial charge in [-0.2, -0.15) is 42.7 Å². The predicted molar refractivity (Wildman–Crippen MR) is 160 cm³/mol. The smallest absolute Gasteiger partial charge is 0.428 e. The summed E-state index contributed by atoms with van der Waals surface area (Å²) in [6.07, 6.45) is 9.01. The van der Waals surface area contributed by atoms with E-state index in [0.29, 0.717) is 5.92 Å². The molecule has 0 fully saturated rings. The third-order valence-electron chi connectivity index (χ3n) is 6.90. The van der Waals surface area contributed by atoms with Crippen molar-refractivity contribution in [2.24, 2.45) is 0 Å². The van der Waals surface area contributed by atoms with E-state index in [9.17, 15) is 0 Å². The van der Waals surface area contributed by atoms with Gasteiger partial charge < -0.3 is 9.80 Å². The van der Waals surface area contributed by atoms with E-state index >= 15 is 0 Å². The van der Waals surface area contributed by atoms with E-state index in [1.54, 1.807) is 22.3 Å². The topological polar surface area (TPSA) is 6.48 Å². The number of para-hydroxylation sites is 2. The minimum atomic E-state index is 0. The van der Waals surface area contributed by atoms with Gasteiger partial charge in [-0.3, -0.25) is 0 Å². The molecule has 3 heteroatoms. The Labute approximate surface area is 245 Å². The molecule has 1 atom stereocenters. The summed E-state index contributed by atoms with van der Waals surface area (Å²) in [6.45, 7) is 10.1. The van der Waals surface area contributed by atoms with Crippen LogP contribution in [0, 0.1) is 20.3 Å². The average Bonchev–Trinajstić information content (AvgIpc) is 3.19. The molecule has 2 aliphatic rings. The van der Waals surface area contributed by atoms with E-state index in [1.807, 2.05) is 64.6 Å². The average molecular weight is 525 g/mol. The van der Waals surface area contributed by atoms with Crippen LogP contribution in [0.3, 0.4) is 0 Å². The zero-order chi connectivity index (χ0) is 26.1. The summed E-state index contributed by atoms with van der Waals surface area (Å²) in [5, 5.41) is 0. The molecule has 2 aliphatic carbocycles. The summed E-state index contributed by atoms with van der Waals surface area (Å²) < 4.78 is 0. The van der Waals surface area contributed by atoms with Crippen LogP contribution in [0.25, 0.3) is 5.57 Å². The quantitative estimate of drug-likeness (QED) is 0.315. The Hall–Kier alpha value is -2.52. The molecular formula is C34H43N2Sc. The fourth-order valence-corrected chi connectivity index (χ4v) is 5.18. The molecule has 0 N–H and O–H groups in total. The SMILES string of the molecule is CCCC1C2=C(CCC[CH-]2)c2ccccc21.[CH2-]c1ccccc1N(C)C.[CH2-]c1ccccc1N(C)C.[Sc+3]. The first-order valence-electron chi connectivity index (χ1n) is 13.2. The number of fused-ring (bicyclic) bond motifs is 2. The van der Waals surface area contributed by atoms with Crippen molar-refractivity contribution in [3.63, 3.8) is 0 Å². The number of hydrogen-bond acceptors (Lipinski definition) is 2.